The summed E-state index contributed by atoms with van der Waals surface area (Å²) in [5, 5.41) is 9.04. The molecule has 0 atom stereocenters. The van der Waals surface area contributed by atoms with Crippen molar-refractivity contribution in [2.45, 2.75) is 6.92 Å². The molecule has 86 valence electrons. The molecule has 0 aliphatic heterocycles. The zero-order valence-electron chi connectivity index (χ0n) is 9.21. The molecule has 0 radical (unpaired) electrons. The second-order valence-electron chi connectivity index (χ2n) is 3.62. The number of aryl methyl sites for hydroxylation is 1. The summed E-state index contributed by atoms with van der Waals surface area (Å²) < 4.78 is 0. The maximum absolute atomic E-state index is 11.0. The Morgan fingerprint density at radius 3 is 2.82 bits per heavy atom. The van der Waals surface area contributed by atoms with E-state index in [0.717, 1.165) is 0 Å². The fourth-order valence-corrected chi connectivity index (χ4v) is 1.58. The van der Waals surface area contributed by atoms with Gasteiger partial charge in [-0.1, -0.05) is 0 Å². The van der Waals surface area contributed by atoms with Crippen LogP contribution in [0.3, 0.4) is 0 Å². The average Bonchev–Trinajstić information content (AvgIpc) is 2.32. The van der Waals surface area contributed by atoms with Crippen molar-refractivity contribution in [1.29, 1.82) is 0 Å². The lowest BCUT2D eigenvalue weighted by molar-refractivity contribution is 0.0698. The van der Waals surface area contributed by atoms with E-state index in [9.17, 15) is 4.79 Å². The first-order chi connectivity index (χ1) is 8.09. The summed E-state index contributed by atoms with van der Waals surface area (Å²) in [7, 11) is 0. The molecule has 0 aliphatic rings. The van der Waals surface area contributed by atoms with Gasteiger partial charge in [-0.15, -0.1) is 0 Å². The molecule has 0 fully saturated rings. The summed E-state index contributed by atoms with van der Waals surface area (Å²) >= 11 is 0. The smallest absolute Gasteiger partial charge is 0.337 e. The SMILES string of the molecule is Cc1cc(C(=O)O)c(N)c(-c2cccnc2)n1. The molecule has 0 aromatic carbocycles. The van der Waals surface area contributed by atoms with Crippen LogP contribution in [-0.4, -0.2) is 21.0 Å². The Balaban J connectivity index is 2.67. The van der Waals surface area contributed by atoms with E-state index in [4.69, 9.17) is 10.8 Å². The van der Waals surface area contributed by atoms with Gasteiger partial charge in [-0.05, 0) is 25.1 Å². The molecule has 3 N–H and O–H groups in total. The second-order valence-corrected chi connectivity index (χ2v) is 3.62. The van der Waals surface area contributed by atoms with Crippen molar-refractivity contribution < 1.29 is 9.90 Å². The highest BCUT2D eigenvalue weighted by Gasteiger charge is 2.15. The maximum Gasteiger partial charge on any atom is 0.337 e. The van der Waals surface area contributed by atoms with Crippen molar-refractivity contribution in [2.75, 3.05) is 5.73 Å². The Morgan fingerprint density at radius 2 is 2.24 bits per heavy atom. The highest BCUT2D eigenvalue weighted by Crippen LogP contribution is 2.26. The molecule has 0 unspecified atom stereocenters. The number of carbonyl (C=O) groups is 1. The molecule has 0 saturated carbocycles. The van der Waals surface area contributed by atoms with Crippen LogP contribution in [0.2, 0.25) is 0 Å². The molecular formula is C12H11N3O2. The first-order valence-electron chi connectivity index (χ1n) is 5.00. The lowest BCUT2D eigenvalue weighted by Crippen LogP contribution is -2.06. The van der Waals surface area contributed by atoms with Gasteiger partial charge < -0.3 is 10.8 Å². The molecule has 2 aromatic heterocycles. The Morgan fingerprint density at radius 1 is 1.47 bits per heavy atom. The van der Waals surface area contributed by atoms with E-state index in [2.05, 4.69) is 9.97 Å². The predicted molar refractivity (Wildman–Crippen MR) is 63.6 cm³/mol. The van der Waals surface area contributed by atoms with Gasteiger partial charge in [-0.3, -0.25) is 9.97 Å². The first kappa shape index (κ1) is 11.1. The normalized spacial score (nSPS) is 10.2. The predicted octanol–water partition coefficient (Wildman–Crippen LogP) is 1.73. The monoisotopic (exact) mass is 229 g/mol. The first-order valence-corrected chi connectivity index (χ1v) is 5.00. The molecule has 2 aromatic rings. The lowest BCUT2D eigenvalue weighted by Gasteiger charge is -2.08. The van der Waals surface area contributed by atoms with Gasteiger partial charge in [-0.25, -0.2) is 4.79 Å². The number of carboxylic acid groups (broad SMARTS) is 1. The number of nitrogens with zero attached hydrogens (tertiary/aromatic N) is 2. The molecule has 5 nitrogen and oxygen atoms in total. The van der Waals surface area contributed by atoms with Gasteiger partial charge in [0.1, 0.15) is 0 Å². The lowest BCUT2D eigenvalue weighted by atomic mass is 10.1. The Kier molecular flexibility index (Phi) is 2.74. The Hall–Kier alpha value is -2.43. The summed E-state index contributed by atoms with van der Waals surface area (Å²) in [5.74, 6) is -1.06. The van der Waals surface area contributed by atoms with E-state index >= 15 is 0 Å². The summed E-state index contributed by atoms with van der Waals surface area (Å²) in [4.78, 5) is 19.3. The van der Waals surface area contributed by atoms with E-state index in [0.29, 0.717) is 17.0 Å². The van der Waals surface area contributed by atoms with Crippen LogP contribution in [0.25, 0.3) is 11.3 Å². The van der Waals surface area contributed by atoms with Gasteiger partial charge >= 0.3 is 5.97 Å². The van der Waals surface area contributed by atoms with Crippen LogP contribution in [0, 0.1) is 6.92 Å². The molecule has 0 aliphatic carbocycles. The highest BCUT2D eigenvalue weighted by atomic mass is 16.4. The number of rotatable bonds is 2. The molecule has 0 bridgehead atoms. The van der Waals surface area contributed by atoms with Gasteiger partial charge in [0.05, 0.1) is 16.9 Å². The molecule has 2 heterocycles. The third-order valence-electron chi connectivity index (χ3n) is 2.35. The quantitative estimate of drug-likeness (QED) is 0.818. The highest BCUT2D eigenvalue weighted by molar-refractivity contribution is 5.97. The molecule has 0 amide bonds. The van der Waals surface area contributed by atoms with Crippen molar-refractivity contribution in [3.05, 3.63) is 41.9 Å². The van der Waals surface area contributed by atoms with Gasteiger partial charge in [0.15, 0.2) is 0 Å². The molecule has 0 saturated heterocycles. The third-order valence-corrected chi connectivity index (χ3v) is 2.35. The van der Waals surface area contributed by atoms with Crippen LogP contribution >= 0.6 is 0 Å². The Bertz CT molecular complexity index is 567. The fraction of sp³-hybridized carbons (Fsp3) is 0.0833. The average molecular weight is 229 g/mol. The van der Waals surface area contributed by atoms with Crippen LogP contribution in [0.4, 0.5) is 5.69 Å². The second kappa shape index (κ2) is 4.21. The van der Waals surface area contributed by atoms with Crippen LogP contribution in [0.1, 0.15) is 16.1 Å². The minimum absolute atomic E-state index is 0.0661. The van der Waals surface area contributed by atoms with Gasteiger partial charge in [-0.2, -0.15) is 0 Å². The number of pyridine rings is 2. The third kappa shape index (κ3) is 2.08. The van der Waals surface area contributed by atoms with Gasteiger partial charge in [0.2, 0.25) is 0 Å². The number of aromatic carboxylic acids is 1. The summed E-state index contributed by atoms with van der Waals surface area (Å²) in [6, 6.07) is 4.99. The number of nitrogens with two attached hydrogens (primary N) is 1. The van der Waals surface area contributed by atoms with Crippen molar-refractivity contribution >= 4 is 11.7 Å². The van der Waals surface area contributed by atoms with E-state index in [1.54, 1.807) is 31.5 Å². The molecule has 0 spiro atoms. The molecule has 2 rings (SSSR count). The largest absolute Gasteiger partial charge is 0.478 e. The maximum atomic E-state index is 11.0. The summed E-state index contributed by atoms with van der Waals surface area (Å²) in [6.45, 7) is 1.73. The summed E-state index contributed by atoms with van der Waals surface area (Å²) in [5.41, 5.74) is 7.81. The van der Waals surface area contributed by atoms with Crippen molar-refractivity contribution in [3.8, 4) is 11.3 Å². The zero-order chi connectivity index (χ0) is 12.4. The van der Waals surface area contributed by atoms with Crippen molar-refractivity contribution in [3.63, 3.8) is 0 Å². The topological polar surface area (TPSA) is 89.1 Å². The van der Waals surface area contributed by atoms with Gasteiger partial charge in [0, 0.05) is 23.7 Å². The molecular weight excluding hydrogens is 218 g/mol. The minimum atomic E-state index is -1.06. The summed E-state index contributed by atoms with van der Waals surface area (Å²) in [6.07, 6.45) is 3.23. The molecule has 5 heteroatoms. The van der Waals surface area contributed by atoms with E-state index in [1.165, 1.54) is 6.07 Å². The van der Waals surface area contributed by atoms with Crippen LogP contribution in [0.5, 0.6) is 0 Å². The van der Waals surface area contributed by atoms with Crippen LogP contribution in [-0.2, 0) is 0 Å². The minimum Gasteiger partial charge on any atom is -0.478 e. The van der Waals surface area contributed by atoms with Crippen LogP contribution in [0.15, 0.2) is 30.6 Å². The van der Waals surface area contributed by atoms with Gasteiger partial charge in [0.25, 0.3) is 0 Å². The number of hydrogen-bond acceptors (Lipinski definition) is 4. The fourth-order valence-electron chi connectivity index (χ4n) is 1.58. The standard InChI is InChI=1S/C12H11N3O2/c1-7-5-9(12(16)17)10(13)11(15-7)8-3-2-4-14-6-8/h2-6H,13H2,1H3,(H,16,17). The van der Waals surface area contributed by atoms with E-state index in [1.807, 2.05) is 0 Å². The number of carboxylic acids is 1. The van der Waals surface area contributed by atoms with Crippen molar-refractivity contribution in [2.24, 2.45) is 0 Å². The van der Waals surface area contributed by atoms with Crippen LogP contribution < -0.4 is 5.73 Å². The van der Waals surface area contributed by atoms with Crippen molar-refractivity contribution in [1.82, 2.24) is 9.97 Å². The van der Waals surface area contributed by atoms with E-state index < -0.39 is 5.97 Å². The number of hydrogen-bond donors (Lipinski definition) is 2. The number of aromatic nitrogens is 2. The molecule has 17 heavy (non-hydrogen) atoms. The number of anilines is 1. The van der Waals surface area contributed by atoms with E-state index in [-0.39, 0.29) is 11.3 Å². The number of nitrogen functional groups attached to an aromatic ring is 1. The Labute approximate surface area is 98.0 Å². The zero-order valence-corrected chi connectivity index (χ0v) is 9.21.